The molecular formula is C34H38S2Si2. The summed E-state index contributed by atoms with van der Waals surface area (Å²) in [5.41, 5.74) is 10.3. The molecule has 0 spiro atoms. The summed E-state index contributed by atoms with van der Waals surface area (Å²) in [6.45, 7) is 14.1. The summed E-state index contributed by atoms with van der Waals surface area (Å²) in [5.74, 6) is 7.70. The van der Waals surface area contributed by atoms with Gasteiger partial charge in [0.05, 0.1) is 0 Å². The van der Waals surface area contributed by atoms with Crippen LogP contribution in [0.15, 0.2) is 47.2 Å². The van der Waals surface area contributed by atoms with Gasteiger partial charge in [0, 0.05) is 31.3 Å². The normalized spacial score (nSPS) is 12.2. The molecule has 2 heterocycles. The van der Waals surface area contributed by atoms with Gasteiger partial charge in [-0.3, -0.25) is 0 Å². The Balaban J connectivity index is 1.96. The fourth-order valence-electron chi connectivity index (χ4n) is 5.83. The SMILES string of the molecule is CC[Si](C#Cc1c2cc3ccsc3cc2c(C#C[Si](CC)(CC)CC)c2cc3sccc3cc12)(CC)CC. The van der Waals surface area contributed by atoms with Gasteiger partial charge in [-0.25, -0.2) is 0 Å². The highest BCUT2D eigenvalue weighted by Gasteiger charge is 2.26. The molecule has 0 aliphatic carbocycles. The Hall–Kier alpha value is -2.35. The van der Waals surface area contributed by atoms with Crippen molar-refractivity contribution in [2.45, 2.75) is 77.8 Å². The largest absolute Gasteiger partial charge is 0.144 e. The fourth-order valence-corrected chi connectivity index (χ4v) is 12.3. The van der Waals surface area contributed by atoms with Gasteiger partial charge in [-0.2, -0.15) is 0 Å². The smallest absolute Gasteiger partial charge is 0.138 e. The fraction of sp³-hybridized carbons (Fsp3) is 0.353. The minimum absolute atomic E-state index is 1.21. The molecule has 5 aromatic rings. The molecule has 0 saturated carbocycles. The molecule has 0 unspecified atom stereocenters. The van der Waals surface area contributed by atoms with Crippen molar-refractivity contribution in [1.29, 1.82) is 0 Å². The number of benzene rings is 3. The third kappa shape index (κ3) is 4.67. The lowest BCUT2D eigenvalue weighted by Gasteiger charge is -2.21. The number of rotatable bonds is 6. The second kappa shape index (κ2) is 11.0. The molecule has 194 valence electrons. The van der Waals surface area contributed by atoms with Gasteiger partial charge in [-0.05, 0) is 105 Å². The Labute approximate surface area is 238 Å². The Morgan fingerprint density at radius 3 is 1.21 bits per heavy atom. The van der Waals surface area contributed by atoms with Gasteiger partial charge in [0.15, 0.2) is 0 Å². The molecule has 3 aromatic carbocycles. The van der Waals surface area contributed by atoms with Crippen molar-refractivity contribution in [3.63, 3.8) is 0 Å². The highest BCUT2D eigenvalue weighted by molar-refractivity contribution is 7.17. The predicted octanol–water partition coefficient (Wildman–Crippen LogP) is 11.2. The van der Waals surface area contributed by atoms with Crippen LogP contribution in [0.1, 0.15) is 52.7 Å². The Bertz CT molecular complexity index is 1520. The second-order valence-electron chi connectivity index (χ2n) is 10.6. The van der Waals surface area contributed by atoms with E-state index in [1.54, 1.807) is 0 Å². The highest BCUT2D eigenvalue weighted by atomic mass is 32.1. The molecule has 5 rings (SSSR count). The zero-order valence-corrected chi connectivity index (χ0v) is 27.3. The lowest BCUT2D eigenvalue weighted by atomic mass is 9.91. The van der Waals surface area contributed by atoms with Crippen LogP contribution in [0.3, 0.4) is 0 Å². The van der Waals surface area contributed by atoms with Crippen LogP contribution in [0.5, 0.6) is 0 Å². The van der Waals surface area contributed by atoms with Crippen LogP contribution in [-0.2, 0) is 0 Å². The van der Waals surface area contributed by atoms with Crippen molar-refractivity contribution in [3.8, 4) is 22.9 Å². The van der Waals surface area contributed by atoms with E-state index in [1.165, 1.54) is 89.1 Å². The number of hydrogen-bond donors (Lipinski definition) is 0. The molecule has 4 heteroatoms. The van der Waals surface area contributed by atoms with E-state index in [9.17, 15) is 0 Å². The standard InChI is InChI=1S/C34H38S2Si2/c1-7-37(8-2,9-3)19-15-27-29-21-25-13-17-35-33(25)23-31(29)28(16-20-38(10-4,11-5)12-6)32-24-34-26(14-18-36-34)22-30(27)32/h13-14,17-18,21-24H,7-12H2,1-6H3. The molecule has 0 aliphatic heterocycles. The molecule has 2 aromatic heterocycles. The van der Waals surface area contributed by atoms with E-state index in [0.717, 1.165) is 0 Å². The van der Waals surface area contributed by atoms with Gasteiger partial charge >= 0.3 is 0 Å². The predicted molar refractivity (Wildman–Crippen MR) is 180 cm³/mol. The Kier molecular flexibility index (Phi) is 7.90. The molecule has 0 nitrogen and oxygen atoms in total. The van der Waals surface area contributed by atoms with E-state index in [2.05, 4.69) is 112 Å². The molecule has 0 amide bonds. The summed E-state index contributed by atoms with van der Waals surface area (Å²) in [6, 6.07) is 21.4. The number of thiophene rings is 2. The molecule has 0 bridgehead atoms. The summed E-state index contributed by atoms with van der Waals surface area (Å²) in [7, 11) is -3.21. The maximum Gasteiger partial charge on any atom is 0.138 e. The number of fused-ring (bicyclic) bond motifs is 4. The molecule has 0 aliphatic rings. The van der Waals surface area contributed by atoms with E-state index in [4.69, 9.17) is 0 Å². The van der Waals surface area contributed by atoms with Gasteiger partial charge < -0.3 is 0 Å². The topological polar surface area (TPSA) is 0 Å². The zero-order chi connectivity index (χ0) is 26.9. The Morgan fingerprint density at radius 1 is 0.526 bits per heavy atom. The van der Waals surface area contributed by atoms with E-state index in [1.807, 2.05) is 22.7 Å². The molecule has 0 atom stereocenters. The van der Waals surface area contributed by atoms with Crippen molar-refractivity contribution in [1.82, 2.24) is 0 Å². The molecular weight excluding hydrogens is 529 g/mol. The van der Waals surface area contributed by atoms with E-state index in [0.29, 0.717) is 0 Å². The molecule has 0 N–H and O–H groups in total. The summed E-state index contributed by atoms with van der Waals surface area (Å²) in [4.78, 5) is 0. The average Bonchev–Trinajstić information content (AvgIpc) is 3.62. The van der Waals surface area contributed by atoms with Crippen molar-refractivity contribution >= 4 is 80.5 Å². The highest BCUT2D eigenvalue weighted by Crippen LogP contribution is 2.39. The van der Waals surface area contributed by atoms with Crippen molar-refractivity contribution in [2.24, 2.45) is 0 Å². The van der Waals surface area contributed by atoms with Crippen LogP contribution in [0.2, 0.25) is 36.3 Å². The van der Waals surface area contributed by atoms with Gasteiger partial charge in [0.2, 0.25) is 0 Å². The first-order valence-electron chi connectivity index (χ1n) is 14.3. The first-order chi connectivity index (χ1) is 18.5. The van der Waals surface area contributed by atoms with Crippen LogP contribution in [0, 0.1) is 22.9 Å². The maximum absolute atomic E-state index is 3.94. The monoisotopic (exact) mass is 566 g/mol. The minimum Gasteiger partial charge on any atom is -0.144 e. The zero-order valence-electron chi connectivity index (χ0n) is 23.7. The molecule has 0 radical (unpaired) electrons. The summed E-state index contributed by atoms with van der Waals surface area (Å²) in [5, 5.41) is 12.2. The van der Waals surface area contributed by atoms with Crippen molar-refractivity contribution in [2.75, 3.05) is 0 Å². The van der Waals surface area contributed by atoms with Crippen LogP contribution in [-0.4, -0.2) is 16.1 Å². The summed E-state index contributed by atoms with van der Waals surface area (Å²) >= 11 is 3.65. The van der Waals surface area contributed by atoms with Gasteiger partial charge in [0.25, 0.3) is 0 Å². The van der Waals surface area contributed by atoms with Gasteiger partial charge in [-0.1, -0.05) is 53.4 Å². The lowest BCUT2D eigenvalue weighted by Crippen LogP contribution is -2.29. The average molecular weight is 567 g/mol. The van der Waals surface area contributed by atoms with Crippen LogP contribution in [0.25, 0.3) is 41.7 Å². The molecule has 38 heavy (non-hydrogen) atoms. The van der Waals surface area contributed by atoms with Gasteiger partial charge in [0.1, 0.15) is 16.1 Å². The quantitative estimate of drug-likeness (QED) is 0.109. The maximum atomic E-state index is 3.94. The van der Waals surface area contributed by atoms with Gasteiger partial charge in [-0.15, -0.1) is 33.8 Å². The van der Waals surface area contributed by atoms with Crippen LogP contribution < -0.4 is 0 Å². The van der Waals surface area contributed by atoms with Crippen molar-refractivity contribution in [3.05, 3.63) is 58.3 Å². The summed E-state index contributed by atoms with van der Waals surface area (Å²) < 4.78 is 2.67. The molecule has 0 fully saturated rings. The first-order valence-corrected chi connectivity index (χ1v) is 21.3. The lowest BCUT2D eigenvalue weighted by molar-refractivity contribution is 1.20. The van der Waals surface area contributed by atoms with Crippen LogP contribution in [0.4, 0.5) is 0 Å². The van der Waals surface area contributed by atoms with Crippen molar-refractivity contribution < 1.29 is 0 Å². The van der Waals surface area contributed by atoms with E-state index < -0.39 is 16.1 Å². The van der Waals surface area contributed by atoms with Crippen LogP contribution >= 0.6 is 22.7 Å². The Morgan fingerprint density at radius 2 is 0.868 bits per heavy atom. The minimum atomic E-state index is -1.60. The van der Waals surface area contributed by atoms with E-state index >= 15 is 0 Å². The third-order valence-corrected chi connectivity index (χ3v) is 20.4. The number of hydrogen-bond acceptors (Lipinski definition) is 2. The first kappa shape index (κ1) is 27.2. The molecule has 0 saturated heterocycles. The summed E-state index contributed by atoms with van der Waals surface area (Å²) in [6.07, 6.45) is 0. The van der Waals surface area contributed by atoms with E-state index in [-0.39, 0.29) is 0 Å². The second-order valence-corrected chi connectivity index (χ2v) is 22.4. The third-order valence-electron chi connectivity index (χ3n) is 9.23.